The molecule has 0 radical (unpaired) electrons. The molecule has 6 fully saturated rings. The molecule has 3 unspecified atom stereocenters. The zero-order valence-electron chi connectivity index (χ0n) is 47.6. The number of carbonyl (C=O) groups excluding carboxylic acids is 3. The Morgan fingerprint density at radius 3 is 2.22 bits per heavy atom. The van der Waals surface area contributed by atoms with Crippen molar-refractivity contribution in [3.8, 4) is 0 Å². The molecule has 3 saturated heterocycles. The lowest BCUT2D eigenvalue weighted by Crippen LogP contribution is -2.70. The van der Waals surface area contributed by atoms with Crippen LogP contribution in [0.2, 0.25) is 0 Å². The van der Waals surface area contributed by atoms with Gasteiger partial charge >= 0.3 is 5.97 Å². The van der Waals surface area contributed by atoms with Crippen LogP contribution >= 0.6 is 0 Å². The molecule has 21 atom stereocenters. The largest absolute Gasteiger partial charge is 0.459 e. The molecule has 7 aliphatic rings. The van der Waals surface area contributed by atoms with Crippen molar-refractivity contribution >= 4 is 17.7 Å². The molecular weight excluding hydrogens is 1010 g/mol. The number of aliphatic hydroxyl groups is 7. The van der Waals surface area contributed by atoms with Gasteiger partial charge in [0.1, 0.15) is 30.1 Å². The highest BCUT2D eigenvalue weighted by Crippen LogP contribution is 2.70. The van der Waals surface area contributed by atoms with Gasteiger partial charge in [-0.3, -0.25) is 19.3 Å². The predicted molar refractivity (Wildman–Crippen MR) is 282 cm³/mol. The van der Waals surface area contributed by atoms with E-state index in [0.29, 0.717) is 51.6 Å². The first-order valence-electron chi connectivity index (χ1n) is 28.0. The maximum Gasteiger partial charge on any atom is 0.309 e. The first-order valence-corrected chi connectivity index (χ1v) is 28.0. The second-order valence-electron chi connectivity index (χ2n) is 23.8. The summed E-state index contributed by atoms with van der Waals surface area (Å²) in [4.78, 5) is 41.5. The van der Waals surface area contributed by atoms with E-state index in [1.807, 2.05) is 32.8 Å². The maximum atomic E-state index is 17.6. The van der Waals surface area contributed by atoms with Gasteiger partial charge in [-0.2, -0.15) is 0 Å². The van der Waals surface area contributed by atoms with Gasteiger partial charge in [0.25, 0.3) is 5.91 Å². The van der Waals surface area contributed by atoms with Crippen molar-refractivity contribution in [2.24, 2.45) is 34.5 Å². The van der Waals surface area contributed by atoms with E-state index >= 15 is 8.78 Å². The number of allylic oxidation sites excluding steroid dienone is 4. The minimum atomic E-state index is -2.32. The number of ketones is 1. The summed E-state index contributed by atoms with van der Waals surface area (Å²) in [6.07, 6.45) is -2.21. The number of hydrogen-bond acceptors (Lipinski definition) is 17. The molecule has 3 heterocycles. The van der Waals surface area contributed by atoms with E-state index in [1.165, 1.54) is 26.2 Å². The number of rotatable bonds is 9. The number of esters is 1. The third kappa shape index (κ3) is 14.2. The second kappa shape index (κ2) is 27.9. The van der Waals surface area contributed by atoms with Gasteiger partial charge in [0.05, 0.1) is 48.6 Å². The quantitative estimate of drug-likeness (QED) is 0.118. The molecule has 11 N–H and O–H groups in total. The van der Waals surface area contributed by atoms with Gasteiger partial charge in [0, 0.05) is 49.4 Å². The zero-order valence-corrected chi connectivity index (χ0v) is 47.6. The number of carbonyl (C=O) groups is 3. The summed E-state index contributed by atoms with van der Waals surface area (Å²) in [5.41, 5.74) is -7.79. The lowest BCUT2D eigenvalue weighted by atomic mass is 9.44. The van der Waals surface area contributed by atoms with Crippen molar-refractivity contribution in [1.82, 2.24) is 15.5 Å². The van der Waals surface area contributed by atoms with Gasteiger partial charge in [-0.15, -0.1) is 0 Å². The van der Waals surface area contributed by atoms with Crippen LogP contribution in [-0.2, 0) is 38.1 Å². The van der Waals surface area contributed by atoms with Crippen LogP contribution < -0.4 is 10.6 Å². The molecule has 0 aromatic rings. The molecule has 0 bridgehead atoms. The summed E-state index contributed by atoms with van der Waals surface area (Å²) >= 11 is 0. The minimum Gasteiger partial charge on any atom is -0.459 e. The summed E-state index contributed by atoms with van der Waals surface area (Å²) in [5, 5.41) is 82.4. The summed E-state index contributed by atoms with van der Waals surface area (Å²) in [5.74, 6) is -4.06. The smallest absolute Gasteiger partial charge is 0.309 e. The second-order valence-corrected chi connectivity index (χ2v) is 23.8. The number of fused-ring (bicyclic) bond motifs is 5. The van der Waals surface area contributed by atoms with Crippen LogP contribution in [0.1, 0.15) is 139 Å². The van der Waals surface area contributed by atoms with E-state index in [1.54, 1.807) is 34.6 Å². The molecule has 4 aliphatic carbocycles. The number of nitrogens with one attached hydrogen (secondary N) is 2. The minimum absolute atomic E-state index is 0. The van der Waals surface area contributed by atoms with Crippen LogP contribution in [0.15, 0.2) is 23.8 Å². The Labute approximate surface area is 455 Å². The molecule has 0 aromatic carbocycles. The van der Waals surface area contributed by atoms with Crippen molar-refractivity contribution in [2.45, 2.75) is 229 Å². The Kier molecular flexibility index (Phi) is 24.2. The number of methoxy groups -OCH3 is 1. The molecule has 1 amide bonds. The van der Waals surface area contributed by atoms with Gasteiger partial charge in [0.15, 0.2) is 24.0 Å². The highest BCUT2D eigenvalue weighted by Gasteiger charge is 2.75. The maximum absolute atomic E-state index is 17.6. The molecule has 77 heavy (non-hydrogen) atoms. The molecule has 3 aliphatic heterocycles. The number of cyclic esters (lactones) is 1. The third-order valence-corrected chi connectivity index (χ3v) is 18.5. The highest BCUT2D eigenvalue weighted by molar-refractivity contribution is 6.01. The number of hydrogen-bond donors (Lipinski definition) is 9. The number of ether oxygens (including phenoxy) is 5. The molecule has 0 spiro atoms. The normalized spacial score (nSPS) is 44.8. The van der Waals surface area contributed by atoms with Crippen molar-refractivity contribution in [3.05, 3.63) is 23.8 Å². The van der Waals surface area contributed by atoms with Gasteiger partial charge in [0.2, 0.25) is 0 Å². The first kappa shape index (κ1) is 66.9. The Balaban J connectivity index is 0.000000746. The molecular formula is C56H97F2N3O16. The van der Waals surface area contributed by atoms with Crippen LogP contribution in [0.4, 0.5) is 8.78 Å². The van der Waals surface area contributed by atoms with Crippen LogP contribution in [0.5, 0.6) is 0 Å². The van der Waals surface area contributed by atoms with Crippen LogP contribution in [-0.4, -0.2) is 202 Å². The van der Waals surface area contributed by atoms with E-state index in [4.69, 9.17) is 28.8 Å². The molecule has 446 valence electrons. The van der Waals surface area contributed by atoms with Crippen LogP contribution in [0.3, 0.4) is 0 Å². The first-order chi connectivity index (χ1) is 35.6. The number of aliphatic hydroxyl groups excluding tert-OH is 6. The fraction of sp³-hybridized carbons (Fsp3) is 0.875. The number of alkyl halides is 2. The van der Waals surface area contributed by atoms with E-state index < -0.39 is 131 Å². The van der Waals surface area contributed by atoms with Crippen molar-refractivity contribution in [1.29, 1.82) is 0 Å². The van der Waals surface area contributed by atoms with Gasteiger partial charge in [-0.25, -0.2) is 8.78 Å². The summed E-state index contributed by atoms with van der Waals surface area (Å²) in [6, 6.07) is -0.635. The fourth-order valence-electron chi connectivity index (χ4n) is 13.6. The number of amides is 1. The Morgan fingerprint density at radius 1 is 0.922 bits per heavy atom. The van der Waals surface area contributed by atoms with Crippen molar-refractivity contribution in [2.75, 3.05) is 47.4 Å². The molecule has 3 saturated carbocycles. The molecule has 19 nitrogen and oxygen atoms in total. The van der Waals surface area contributed by atoms with Crippen LogP contribution in [0, 0.1) is 34.5 Å². The van der Waals surface area contributed by atoms with Crippen molar-refractivity contribution in [3.63, 3.8) is 0 Å². The Bertz CT molecular complexity index is 1990. The average Bonchev–Trinajstić information content (AvgIpc) is 3.65. The number of halogens is 2. The standard InChI is InChI=1S/C47H74F2N2O11.C7H14O4.C2H7N.H2O/c1-8-36-40(56)39(55)29(5)51(20-10-13-35(53)41(26(2)22-27(3)42(57)61-36)62-38-14-9-12-28(4)60-38)21-11-19-50-43(58)46(59)18-16-31-32-24-34(48)33-23-30(52)15-17-44(33,6)47(32,49)37(54)25-45(31,46)7;1-7(10-2)3-6(9)11-4-5(7)8;1-3-2;/h15,17,23,26-29,31-32,34-41,53-56,59H,8-14,16,18-22,24-25H2,1-7H3,(H,50,58);5-6,8-9H,3-4H2,1-2H3;3H,1-2H3;1H2/t26-,27+,28+,29+,31?,32?,34-,35+,36+,37-,38-,39+,40+,41?,44-,45-,46-,47-;5-,6+,7+;;/m01../s1. The third-order valence-electron chi connectivity index (χ3n) is 18.5. The zero-order chi connectivity index (χ0) is 56.7. The van der Waals surface area contributed by atoms with E-state index in [0.717, 1.165) is 18.9 Å². The topological polar surface area (TPSA) is 298 Å². The summed E-state index contributed by atoms with van der Waals surface area (Å²) < 4.78 is 61.6. The predicted octanol–water partition coefficient (Wildman–Crippen LogP) is 2.90. The van der Waals surface area contributed by atoms with Crippen molar-refractivity contribution < 1.29 is 88.1 Å². The van der Waals surface area contributed by atoms with Gasteiger partial charge in [-0.05, 0) is 155 Å². The van der Waals surface area contributed by atoms with E-state index in [2.05, 4.69) is 10.6 Å². The lowest BCUT2D eigenvalue weighted by molar-refractivity contribution is -0.236. The Hall–Kier alpha value is -2.61. The monoisotopic (exact) mass is 1110 g/mol. The SMILES string of the molecule is CC[C@H]1OC(=O)[C@H](C)C[C@H](C)C(O[C@H]2CCC[C@@H](C)O2)[C@H](O)CCCN(CCCNC(=O)[C@@]2(O)CCC3C4C[C@H](F)C5=CC(=O)C=C[C@]5(C)[C@@]4(F)[C@@H](O)C[C@@]32C)[C@H](C)[C@@H](O)[C@@H]1O.CNC.CO[C@@]1(C)C[C@@H](O)OC[C@H]1O.O. The number of nitrogens with zero attached hydrogens (tertiary/aromatic N) is 1. The van der Waals surface area contributed by atoms with E-state index in [-0.39, 0.29) is 68.3 Å². The lowest BCUT2D eigenvalue weighted by Gasteiger charge is -2.62. The Morgan fingerprint density at radius 2 is 1.60 bits per heavy atom. The summed E-state index contributed by atoms with van der Waals surface area (Å²) in [6.45, 7) is 15.2. The molecule has 0 aromatic heterocycles. The van der Waals surface area contributed by atoms with Gasteiger partial charge < -0.3 is 75.5 Å². The van der Waals surface area contributed by atoms with Crippen LogP contribution in [0.25, 0.3) is 0 Å². The fourth-order valence-corrected chi connectivity index (χ4v) is 13.6. The average molecular weight is 1110 g/mol. The molecule has 21 heteroatoms. The molecule has 7 rings (SSSR count). The van der Waals surface area contributed by atoms with Gasteiger partial charge in [-0.1, -0.05) is 33.8 Å². The summed E-state index contributed by atoms with van der Waals surface area (Å²) in [7, 11) is 5.27. The highest BCUT2D eigenvalue weighted by atomic mass is 19.1. The van der Waals surface area contributed by atoms with E-state index in [9.17, 15) is 45.0 Å².